The van der Waals surface area contributed by atoms with Crippen LogP contribution in [-0.4, -0.2) is 40.0 Å². The largest absolute Gasteiger partial charge is 0.336 e. The highest BCUT2D eigenvalue weighted by molar-refractivity contribution is 5.95. The summed E-state index contributed by atoms with van der Waals surface area (Å²) in [5.74, 6) is -0.268. The normalized spacial score (nSPS) is 18.4. The summed E-state index contributed by atoms with van der Waals surface area (Å²) in [6.07, 6.45) is 3.80. The van der Waals surface area contributed by atoms with E-state index in [9.17, 15) is 14.0 Å². The number of aromatic nitrogens is 2. The van der Waals surface area contributed by atoms with E-state index in [1.54, 1.807) is 17.0 Å². The Labute approximate surface area is 185 Å². The number of likely N-dealkylation sites (tertiary alicyclic amines) is 1. The lowest BCUT2D eigenvalue weighted by Crippen LogP contribution is -2.43. The lowest BCUT2D eigenvalue weighted by molar-refractivity contribution is -0.121. The third kappa shape index (κ3) is 4.42. The minimum absolute atomic E-state index is 0.0977. The number of H-pyrrole nitrogens is 1. The van der Waals surface area contributed by atoms with Crippen LogP contribution in [0.2, 0.25) is 0 Å². The van der Waals surface area contributed by atoms with Crippen LogP contribution < -0.4 is 5.32 Å². The Morgan fingerprint density at radius 3 is 2.62 bits per heavy atom. The number of hydrogen-bond acceptors (Lipinski definition) is 3. The van der Waals surface area contributed by atoms with Gasteiger partial charge in [0.15, 0.2) is 0 Å². The van der Waals surface area contributed by atoms with Crippen LogP contribution in [0, 0.1) is 11.7 Å². The summed E-state index contributed by atoms with van der Waals surface area (Å²) in [5, 5.41) is 10.2. The first kappa shape index (κ1) is 20.4. The maximum Gasteiger partial charge on any atom is 0.274 e. The van der Waals surface area contributed by atoms with Crippen LogP contribution in [-0.2, 0) is 4.79 Å². The molecule has 6 nitrogen and oxygen atoms in total. The number of rotatable bonds is 5. The van der Waals surface area contributed by atoms with Gasteiger partial charge in [0.2, 0.25) is 5.91 Å². The standard InChI is InChI=1S/C25H25FN4O2/c26-20-10-8-16(9-11-20)18-3-1-5-21(13-18)27-24(31)19-4-2-12-30(15-19)25(32)23-14-22(28-29-23)17-6-7-17/h1,3,5,8-11,13-14,17,19H,2,4,6-7,12,15H2,(H,27,31)(H,28,29)/t19-/m1/s1. The first-order valence-electron chi connectivity index (χ1n) is 11.1. The molecule has 2 heterocycles. The molecule has 5 rings (SSSR count). The molecule has 1 saturated carbocycles. The van der Waals surface area contributed by atoms with Gasteiger partial charge in [0, 0.05) is 30.4 Å². The van der Waals surface area contributed by atoms with Gasteiger partial charge in [-0.05, 0) is 67.1 Å². The second kappa shape index (κ2) is 8.57. The minimum atomic E-state index is -0.284. The summed E-state index contributed by atoms with van der Waals surface area (Å²) < 4.78 is 13.2. The maximum absolute atomic E-state index is 13.2. The monoisotopic (exact) mass is 432 g/mol. The highest BCUT2D eigenvalue weighted by atomic mass is 19.1. The average molecular weight is 432 g/mol. The lowest BCUT2D eigenvalue weighted by Gasteiger charge is -2.31. The van der Waals surface area contributed by atoms with Gasteiger partial charge in [0.1, 0.15) is 11.5 Å². The van der Waals surface area contributed by atoms with Crippen LogP contribution in [0.4, 0.5) is 10.1 Å². The number of hydrogen-bond donors (Lipinski definition) is 2. The van der Waals surface area contributed by atoms with Crippen LogP contribution in [0.15, 0.2) is 54.6 Å². The minimum Gasteiger partial charge on any atom is -0.336 e. The van der Waals surface area contributed by atoms with Gasteiger partial charge >= 0.3 is 0 Å². The summed E-state index contributed by atoms with van der Waals surface area (Å²) in [6.45, 7) is 1.02. The van der Waals surface area contributed by atoms with Crippen molar-refractivity contribution in [2.75, 3.05) is 18.4 Å². The zero-order chi connectivity index (χ0) is 22.1. The number of nitrogens with one attached hydrogen (secondary N) is 2. The molecular weight excluding hydrogens is 407 g/mol. The van der Waals surface area contributed by atoms with Crippen molar-refractivity contribution in [1.82, 2.24) is 15.1 Å². The van der Waals surface area contributed by atoms with Crippen molar-refractivity contribution in [3.05, 3.63) is 71.8 Å². The topological polar surface area (TPSA) is 78.1 Å². The SMILES string of the molecule is O=C(Nc1cccc(-c2ccc(F)cc2)c1)[C@@H]1CCCN(C(=O)c2cc(C3CC3)[nH]n2)C1. The van der Waals surface area contributed by atoms with Gasteiger partial charge in [-0.1, -0.05) is 24.3 Å². The van der Waals surface area contributed by atoms with Gasteiger partial charge in [-0.3, -0.25) is 14.7 Å². The summed E-state index contributed by atoms with van der Waals surface area (Å²) in [6, 6.07) is 15.6. The quantitative estimate of drug-likeness (QED) is 0.619. The third-order valence-corrected chi connectivity index (χ3v) is 6.22. The van der Waals surface area contributed by atoms with E-state index < -0.39 is 0 Å². The van der Waals surface area contributed by atoms with E-state index in [-0.39, 0.29) is 23.5 Å². The van der Waals surface area contributed by atoms with E-state index in [1.165, 1.54) is 12.1 Å². The first-order chi connectivity index (χ1) is 15.6. The summed E-state index contributed by atoms with van der Waals surface area (Å²) in [5.41, 5.74) is 3.91. The molecule has 0 bridgehead atoms. The average Bonchev–Trinajstić information content (AvgIpc) is 3.56. The molecule has 0 spiro atoms. The predicted octanol–water partition coefficient (Wildman–Crippen LogP) is 4.58. The van der Waals surface area contributed by atoms with E-state index in [0.717, 1.165) is 42.5 Å². The number of piperidine rings is 1. The van der Waals surface area contributed by atoms with Crippen molar-refractivity contribution in [2.24, 2.45) is 5.92 Å². The number of benzene rings is 2. The molecule has 2 N–H and O–H groups in total. The zero-order valence-electron chi connectivity index (χ0n) is 17.7. The molecule has 1 aliphatic carbocycles. The van der Waals surface area contributed by atoms with Gasteiger partial charge < -0.3 is 10.2 Å². The van der Waals surface area contributed by atoms with Crippen LogP contribution in [0.25, 0.3) is 11.1 Å². The number of anilines is 1. The fourth-order valence-electron chi connectivity index (χ4n) is 4.25. The Hall–Kier alpha value is -3.48. The molecule has 2 amide bonds. The van der Waals surface area contributed by atoms with Crippen LogP contribution in [0.3, 0.4) is 0 Å². The van der Waals surface area contributed by atoms with Crippen molar-refractivity contribution >= 4 is 17.5 Å². The second-order valence-corrected chi connectivity index (χ2v) is 8.65. The molecule has 7 heteroatoms. The van der Waals surface area contributed by atoms with E-state index in [1.807, 2.05) is 30.3 Å². The van der Waals surface area contributed by atoms with Gasteiger partial charge in [-0.15, -0.1) is 0 Å². The van der Waals surface area contributed by atoms with Crippen molar-refractivity contribution in [3.8, 4) is 11.1 Å². The Kier molecular flexibility index (Phi) is 5.47. The number of amides is 2. The molecule has 1 aromatic heterocycles. The summed E-state index contributed by atoms with van der Waals surface area (Å²) >= 11 is 0. The number of carbonyl (C=O) groups excluding carboxylic acids is 2. The Morgan fingerprint density at radius 2 is 1.84 bits per heavy atom. The molecule has 2 fully saturated rings. The van der Waals surface area contributed by atoms with Crippen molar-refractivity contribution in [1.29, 1.82) is 0 Å². The molecule has 2 aromatic carbocycles. The van der Waals surface area contributed by atoms with Crippen molar-refractivity contribution in [3.63, 3.8) is 0 Å². The molecule has 1 saturated heterocycles. The molecule has 32 heavy (non-hydrogen) atoms. The van der Waals surface area contributed by atoms with Crippen LogP contribution in [0.1, 0.15) is 47.8 Å². The zero-order valence-corrected chi connectivity index (χ0v) is 17.7. The second-order valence-electron chi connectivity index (χ2n) is 8.65. The number of aromatic amines is 1. The smallest absolute Gasteiger partial charge is 0.274 e. The van der Waals surface area contributed by atoms with Gasteiger partial charge in [0.25, 0.3) is 5.91 Å². The highest BCUT2D eigenvalue weighted by Gasteiger charge is 2.31. The Bertz CT molecular complexity index is 1140. The fraction of sp³-hybridized carbons (Fsp3) is 0.320. The lowest BCUT2D eigenvalue weighted by atomic mass is 9.96. The first-order valence-corrected chi connectivity index (χ1v) is 11.1. The van der Waals surface area contributed by atoms with Crippen molar-refractivity contribution in [2.45, 2.75) is 31.6 Å². The van der Waals surface area contributed by atoms with Gasteiger partial charge in [0.05, 0.1) is 5.92 Å². The molecule has 1 aliphatic heterocycles. The van der Waals surface area contributed by atoms with Crippen LogP contribution in [0.5, 0.6) is 0 Å². The third-order valence-electron chi connectivity index (χ3n) is 6.22. The summed E-state index contributed by atoms with van der Waals surface area (Å²) in [7, 11) is 0. The Balaban J connectivity index is 1.24. The van der Waals surface area contributed by atoms with Crippen molar-refractivity contribution < 1.29 is 14.0 Å². The van der Waals surface area contributed by atoms with Gasteiger partial charge in [-0.2, -0.15) is 5.10 Å². The van der Waals surface area contributed by atoms with E-state index >= 15 is 0 Å². The molecule has 164 valence electrons. The molecular formula is C25H25FN4O2. The van der Waals surface area contributed by atoms with E-state index in [2.05, 4.69) is 15.5 Å². The maximum atomic E-state index is 13.2. The number of carbonyl (C=O) groups is 2. The van der Waals surface area contributed by atoms with Crippen LogP contribution >= 0.6 is 0 Å². The molecule has 1 atom stereocenters. The molecule has 0 radical (unpaired) electrons. The highest BCUT2D eigenvalue weighted by Crippen LogP contribution is 2.39. The number of nitrogens with zero attached hydrogens (tertiary/aromatic N) is 2. The number of halogens is 1. The predicted molar refractivity (Wildman–Crippen MR) is 120 cm³/mol. The van der Waals surface area contributed by atoms with Gasteiger partial charge in [-0.25, -0.2) is 4.39 Å². The molecule has 3 aromatic rings. The van der Waals surface area contributed by atoms with E-state index in [4.69, 9.17) is 0 Å². The molecule has 0 unspecified atom stereocenters. The molecule has 2 aliphatic rings. The fourth-order valence-corrected chi connectivity index (χ4v) is 4.25. The van der Waals surface area contributed by atoms with E-state index in [0.29, 0.717) is 30.4 Å². The summed E-state index contributed by atoms with van der Waals surface area (Å²) in [4.78, 5) is 27.6. The Morgan fingerprint density at radius 1 is 1.03 bits per heavy atom.